The highest BCUT2D eigenvalue weighted by Gasteiger charge is 2.29. The van der Waals surface area contributed by atoms with E-state index in [1.807, 2.05) is 6.92 Å². The minimum atomic E-state index is -3.78. The largest absolute Gasteiger partial charge is 0.495 e. The minimum absolute atomic E-state index is 0.0203. The molecule has 0 aromatic heterocycles. The number of methoxy groups -OCH3 is 1. The molecule has 0 spiro atoms. The zero-order chi connectivity index (χ0) is 21.6. The molecule has 1 heterocycles. The predicted octanol–water partition coefficient (Wildman–Crippen LogP) is 2.26. The summed E-state index contributed by atoms with van der Waals surface area (Å²) in [6.07, 6.45) is -0.101. The van der Waals surface area contributed by atoms with Crippen LogP contribution in [0.15, 0.2) is 47.4 Å². The molecule has 8 nitrogen and oxygen atoms in total. The third-order valence-electron chi connectivity index (χ3n) is 4.54. The molecule has 0 saturated carbocycles. The van der Waals surface area contributed by atoms with E-state index in [0.717, 1.165) is 0 Å². The van der Waals surface area contributed by atoms with E-state index in [1.54, 1.807) is 36.4 Å². The molecule has 3 rings (SSSR count). The molecule has 0 bridgehead atoms. The molecule has 0 aliphatic carbocycles. The van der Waals surface area contributed by atoms with Crippen LogP contribution in [-0.2, 0) is 26.0 Å². The van der Waals surface area contributed by atoms with Crippen LogP contribution in [0.2, 0.25) is 0 Å². The number of esters is 1. The maximum atomic E-state index is 13.1. The lowest BCUT2D eigenvalue weighted by atomic mass is 10.1. The van der Waals surface area contributed by atoms with Gasteiger partial charge in [0.1, 0.15) is 10.6 Å². The Bertz CT molecular complexity index is 985. The Hall–Kier alpha value is -2.62. The summed E-state index contributed by atoms with van der Waals surface area (Å²) in [5.74, 6) is 0.486. The Kier molecular flexibility index (Phi) is 7.30. The quantitative estimate of drug-likeness (QED) is 0.464. The molecule has 9 heteroatoms. The first kappa shape index (κ1) is 22.1. The Morgan fingerprint density at radius 3 is 2.43 bits per heavy atom. The van der Waals surface area contributed by atoms with Gasteiger partial charge in [0.15, 0.2) is 11.5 Å². The van der Waals surface area contributed by atoms with Crippen molar-refractivity contribution < 1.29 is 32.2 Å². The highest BCUT2D eigenvalue weighted by Crippen LogP contribution is 2.30. The van der Waals surface area contributed by atoms with E-state index in [2.05, 4.69) is 0 Å². The number of hydrogen-bond donors (Lipinski definition) is 0. The fraction of sp³-hybridized carbons (Fsp3) is 0.381. The molecule has 0 amide bonds. The number of sulfonamides is 1. The van der Waals surface area contributed by atoms with Crippen molar-refractivity contribution in [2.45, 2.75) is 18.2 Å². The molecule has 1 aliphatic heterocycles. The first-order valence-electron chi connectivity index (χ1n) is 9.63. The van der Waals surface area contributed by atoms with Crippen molar-refractivity contribution >= 4 is 16.0 Å². The number of benzene rings is 2. The van der Waals surface area contributed by atoms with E-state index in [-0.39, 0.29) is 30.2 Å². The highest BCUT2D eigenvalue weighted by atomic mass is 32.2. The number of morpholine rings is 1. The molecule has 0 N–H and O–H groups in total. The number of para-hydroxylation sites is 2. The zero-order valence-corrected chi connectivity index (χ0v) is 17.8. The monoisotopic (exact) mass is 435 g/mol. The zero-order valence-electron chi connectivity index (χ0n) is 17.0. The fourth-order valence-electron chi connectivity index (χ4n) is 3.09. The van der Waals surface area contributed by atoms with Gasteiger partial charge in [-0.15, -0.1) is 0 Å². The smallest absolute Gasteiger partial charge is 0.315 e. The summed E-state index contributed by atoms with van der Waals surface area (Å²) >= 11 is 0. The SMILES string of the molecule is CCOc1ccccc1OC(=O)Cc1ccc(OC)c(S(=O)(=O)N2CCOCC2)c1. The van der Waals surface area contributed by atoms with Gasteiger partial charge >= 0.3 is 5.97 Å². The van der Waals surface area contributed by atoms with E-state index in [1.165, 1.54) is 17.5 Å². The number of carbonyl (C=O) groups is 1. The van der Waals surface area contributed by atoms with E-state index in [9.17, 15) is 13.2 Å². The summed E-state index contributed by atoms with van der Waals surface area (Å²) in [4.78, 5) is 12.5. The molecule has 0 unspecified atom stereocenters. The summed E-state index contributed by atoms with van der Waals surface area (Å²) < 4.78 is 48.9. The van der Waals surface area contributed by atoms with Crippen LogP contribution in [0.1, 0.15) is 12.5 Å². The standard InChI is InChI=1S/C21H25NO7S/c1-3-28-17-6-4-5-7-18(17)29-21(23)15-16-8-9-19(26-2)20(14-16)30(24,25)22-10-12-27-13-11-22/h4-9,14H,3,10-13,15H2,1-2H3. The normalized spacial score (nSPS) is 14.9. The minimum Gasteiger partial charge on any atom is -0.495 e. The Morgan fingerprint density at radius 1 is 1.07 bits per heavy atom. The number of ether oxygens (including phenoxy) is 4. The Morgan fingerprint density at radius 2 is 1.77 bits per heavy atom. The van der Waals surface area contributed by atoms with Crippen molar-refractivity contribution in [2.24, 2.45) is 0 Å². The number of nitrogens with zero attached hydrogens (tertiary/aromatic N) is 1. The van der Waals surface area contributed by atoms with E-state index >= 15 is 0 Å². The molecule has 1 saturated heterocycles. The number of carbonyl (C=O) groups excluding carboxylic acids is 1. The van der Waals surface area contributed by atoms with Gasteiger partial charge in [0.25, 0.3) is 0 Å². The summed E-state index contributed by atoms with van der Waals surface area (Å²) in [7, 11) is -2.37. The lowest BCUT2D eigenvalue weighted by molar-refractivity contribution is -0.133. The third-order valence-corrected chi connectivity index (χ3v) is 6.46. The summed E-state index contributed by atoms with van der Waals surface area (Å²) in [6, 6.07) is 11.5. The van der Waals surface area contributed by atoms with Gasteiger partial charge in [-0.25, -0.2) is 8.42 Å². The summed E-state index contributed by atoms with van der Waals surface area (Å²) in [5, 5.41) is 0. The second-order valence-electron chi connectivity index (χ2n) is 6.53. The maximum absolute atomic E-state index is 13.1. The maximum Gasteiger partial charge on any atom is 0.315 e. The van der Waals surface area contributed by atoms with Gasteiger partial charge in [0.05, 0.1) is 33.4 Å². The molecular formula is C21H25NO7S. The predicted molar refractivity (Wildman–Crippen MR) is 110 cm³/mol. The van der Waals surface area contributed by atoms with Gasteiger partial charge in [0.2, 0.25) is 10.0 Å². The molecular weight excluding hydrogens is 410 g/mol. The van der Waals surface area contributed by atoms with E-state index < -0.39 is 16.0 Å². The van der Waals surface area contributed by atoms with Gasteiger partial charge in [-0.1, -0.05) is 18.2 Å². The van der Waals surface area contributed by atoms with Crippen molar-refractivity contribution in [1.82, 2.24) is 4.31 Å². The lowest BCUT2D eigenvalue weighted by Crippen LogP contribution is -2.40. The lowest BCUT2D eigenvalue weighted by Gasteiger charge is -2.26. The van der Waals surface area contributed by atoms with Crippen LogP contribution in [0, 0.1) is 0 Å². The molecule has 2 aromatic rings. The van der Waals surface area contributed by atoms with Crippen LogP contribution in [0.25, 0.3) is 0 Å². The molecule has 0 radical (unpaired) electrons. The topological polar surface area (TPSA) is 91.4 Å². The van der Waals surface area contributed by atoms with Crippen LogP contribution >= 0.6 is 0 Å². The van der Waals surface area contributed by atoms with Crippen molar-refractivity contribution in [3.05, 3.63) is 48.0 Å². The fourth-order valence-corrected chi connectivity index (χ4v) is 4.71. The van der Waals surface area contributed by atoms with Gasteiger partial charge in [-0.05, 0) is 36.8 Å². The van der Waals surface area contributed by atoms with Crippen LogP contribution in [0.3, 0.4) is 0 Å². The molecule has 162 valence electrons. The van der Waals surface area contributed by atoms with Crippen molar-refractivity contribution in [2.75, 3.05) is 40.0 Å². The van der Waals surface area contributed by atoms with Gasteiger partial charge < -0.3 is 18.9 Å². The van der Waals surface area contributed by atoms with Gasteiger partial charge in [-0.3, -0.25) is 4.79 Å². The average Bonchev–Trinajstić information content (AvgIpc) is 2.76. The molecule has 1 aliphatic rings. The third kappa shape index (κ3) is 5.10. The van der Waals surface area contributed by atoms with Crippen LogP contribution in [0.5, 0.6) is 17.2 Å². The average molecular weight is 435 g/mol. The van der Waals surface area contributed by atoms with Crippen LogP contribution in [-0.4, -0.2) is 58.7 Å². The summed E-state index contributed by atoms with van der Waals surface area (Å²) in [5.41, 5.74) is 0.501. The molecule has 30 heavy (non-hydrogen) atoms. The molecule has 1 fully saturated rings. The van der Waals surface area contributed by atoms with Crippen molar-refractivity contribution in [3.63, 3.8) is 0 Å². The Labute approximate surface area is 176 Å². The van der Waals surface area contributed by atoms with Gasteiger partial charge in [-0.2, -0.15) is 4.31 Å². The first-order valence-corrected chi connectivity index (χ1v) is 11.1. The van der Waals surface area contributed by atoms with Crippen molar-refractivity contribution in [3.8, 4) is 17.2 Å². The highest BCUT2D eigenvalue weighted by molar-refractivity contribution is 7.89. The summed E-state index contributed by atoms with van der Waals surface area (Å²) in [6.45, 7) is 3.50. The number of hydrogen-bond acceptors (Lipinski definition) is 7. The van der Waals surface area contributed by atoms with Crippen LogP contribution in [0.4, 0.5) is 0 Å². The van der Waals surface area contributed by atoms with Crippen molar-refractivity contribution in [1.29, 1.82) is 0 Å². The van der Waals surface area contributed by atoms with E-state index in [4.69, 9.17) is 18.9 Å². The Balaban J connectivity index is 1.80. The second kappa shape index (κ2) is 9.92. The van der Waals surface area contributed by atoms with Crippen LogP contribution < -0.4 is 14.2 Å². The molecule has 0 atom stereocenters. The first-order chi connectivity index (χ1) is 14.5. The van der Waals surface area contributed by atoms with E-state index in [0.29, 0.717) is 36.9 Å². The van der Waals surface area contributed by atoms with Gasteiger partial charge in [0, 0.05) is 13.1 Å². The molecule has 2 aromatic carbocycles. The number of rotatable bonds is 8. The second-order valence-corrected chi connectivity index (χ2v) is 8.44.